The van der Waals surface area contributed by atoms with Crippen molar-refractivity contribution in [1.29, 1.82) is 0 Å². The van der Waals surface area contributed by atoms with Crippen LogP contribution in [0.2, 0.25) is 0 Å². The lowest BCUT2D eigenvalue weighted by Crippen LogP contribution is -2.55. The number of hydrogen-bond donors (Lipinski definition) is 1. The van der Waals surface area contributed by atoms with Crippen LogP contribution in [0.25, 0.3) is 0 Å². The quantitative estimate of drug-likeness (QED) is 0.802. The molecule has 0 radical (unpaired) electrons. The monoisotopic (exact) mass is 396 g/mol. The van der Waals surface area contributed by atoms with Crippen molar-refractivity contribution < 1.29 is 4.79 Å². The van der Waals surface area contributed by atoms with Gasteiger partial charge in [-0.15, -0.1) is 0 Å². The Bertz CT molecular complexity index is 760. The highest BCUT2D eigenvalue weighted by atomic mass is 16.2. The number of hydrogen-bond acceptors (Lipinski definition) is 3. The average Bonchev–Trinajstić information content (AvgIpc) is 3.64. The summed E-state index contributed by atoms with van der Waals surface area (Å²) in [4.78, 5) is 20.2. The fraction of sp³-hybridized carbons (Fsp3) is 0.708. The Morgan fingerprint density at radius 3 is 2.24 bits per heavy atom. The summed E-state index contributed by atoms with van der Waals surface area (Å²) in [6, 6.07) is 11.2. The first-order valence-corrected chi connectivity index (χ1v) is 11.4. The van der Waals surface area contributed by atoms with E-state index >= 15 is 0 Å². The minimum atomic E-state index is -0.113. The third kappa shape index (κ3) is 3.36. The molecule has 1 spiro atoms. The largest absolute Gasteiger partial charge is 0.324 e. The molecule has 158 valence electrons. The molecular formula is C24H36N4O. The minimum absolute atomic E-state index is 0.000780. The van der Waals surface area contributed by atoms with Crippen LogP contribution in [0.5, 0.6) is 0 Å². The number of benzene rings is 1. The molecule has 5 heteroatoms. The van der Waals surface area contributed by atoms with Gasteiger partial charge in [0.25, 0.3) is 0 Å². The van der Waals surface area contributed by atoms with Crippen LogP contribution in [0.4, 0.5) is 4.79 Å². The average molecular weight is 397 g/mol. The maximum atomic E-state index is 13.4. The molecule has 1 saturated heterocycles. The predicted molar refractivity (Wildman–Crippen MR) is 116 cm³/mol. The van der Waals surface area contributed by atoms with Gasteiger partial charge in [-0.3, -0.25) is 4.90 Å². The van der Waals surface area contributed by atoms with Gasteiger partial charge in [-0.25, -0.2) is 4.79 Å². The maximum absolute atomic E-state index is 13.4. The first kappa shape index (κ1) is 19.4. The van der Waals surface area contributed by atoms with Crippen molar-refractivity contribution in [3.8, 4) is 0 Å². The van der Waals surface area contributed by atoms with Gasteiger partial charge in [0.1, 0.15) is 0 Å². The van der Waals surface area contributed by atoms with E-state index in [2.05, 4.69) is 59.1 Å². The minimum Gasteiger partial charge on any atom is -0.324 e. The van der Waals surface area contributed by atoms with Crippen molar-refractivity contribution >= 4 is 6.03 Å². The molecule has 0 atom stereocenters. The van der Waals surface area contributed by atoms with E-state index in [1.807, 2.05) is 0 Å². The lowest BCUT2D eigenvalue weighted by molar-refractivity contribution is 0.0232. The second-order valence-corrected chi connectivity index (χ2v) is 10.6. The summed E-state index contributed by atoms with van der Waals surface area (Å²) in [6.45, 7) is 2.56. The normalized spacial score (nSPS) is 33.7. The summed E-state index contributed by atoms with van der Waals surface area (Å²) in [5.41, 5.74) is 7.77. The van der Waals surface area contributed by atoms with Crippen LogP contribution in [0.1, 0.15) is 56.9 Å². The third-order valence-corrected chi connectivity index (χ3v) is 8.27. The van der Waals surface area contributed by atoms with Crippen molar-refractivity contribution in [1.82, 2.24) is 14.7 Å². The molecule has 1 heterocycles. The molecule has 4 aliphatic rings. The zero-order chi connectivity index (χ0) is 20.3. The van der Waals surface area contributed by atoms with Gasteiger partial charge in [0.2, 0.25) is 0 Å². The summed E-state index contributed by atoms with van der Waals surface area (Å²) in [6.07, 6.45) is 9.03. The van der Waals surface area contributed by atoms with Crippen LogP contribution in [-0.4, -0.2) is 65.5 Å². The highest BCUT2D eigenvalue weighted by Crippen LogP contribution is 2.50. The van der Waals surface area contributed by atoms with E-state index in [4.69, 9.17) is 5.73 Å². The van der Waals surface area contributed by atoms with Gasteiger partial charge >= 0.3 is 6.03 Å². The molecule has 2 N–H and O–H groups in total. The molecule has 29 heavy (non-hydrogen) atoms. The molecular weight excluding hydrogens is 360 g/mol. The van der Waals surface area contributed by atoms with Crippen LogP contribution in [0, 0.1) is 5.92 Å². The van der Waals surface area contributed by atoms with Gasteiger partial charge in [0, 0.05) is 30.7 Å². The first-order chi connectivity index (χ1) is 13.9. The summed E-state index contributed by atoms with van der Waals surface area (Å²) in [5, 5.41) is 0. The number of amides is 2. The second-order valence-electron chi connectivity index (χ2n) is 10.6. The summed E-state index contributed by atoms with van der Waals surface area (Å²) in [7, 11) is 4.43. The Morgan fingerprint density at radius 1 is 1.03 bits per heavy atom. The molecule has 0 unspecified atom stereocenters. The van der Waals surface area contributed by atoms with Gasteiger partial charge in [-0.05, 0) is 76.9 Å². The van der Waals surface area contributed by atoms with E-state index < -0.39 is 0 Å². The number of urea groups is 1. The molecule has 4 fully saturated rings. The zero-order valence-electron chi connectivity index (χ0n) is 18.1. The number of carbonyl (C=O) groups excluding carboxylic acids is 1. The van der Waals surface area contributed by atoms with Crippen LogP contribution < -0.4 is 5.73 Å². The van der Waals surface area contributed by atoms with E-state index in [-0.39, 0.29) is 22.6 Å². The molecule has 1 aliphatic heterocycles. The molecule has 0 aromatic heterocycles. The van der Waals surface area contributed by atoms with E-state index in [9.17, 15) is 4.79 Å². The van der Waals surface area contributed by atoms with Crippen LogP contribution in [-0.2, 0) is 5.54 Å². The van der Waals surface area contributed by atoms with Gasteiger partial charge in [0.05, 0.1) is 5.54 Å². The Balaban J connectivity index is 1.39. The summed E-state index contributed by atoms with van der Waals surface area (Å²) >= 11 is 0. The second kappa shape index (κ2) is 6.71. The lowest BCUT2D eigenvalue weighted by atomic mass is 9.68. The molecule has 3 saturated carbocycles. The standard InChI is InChI=1S/C24H36N4O/c1-26(2)24(20-6-4-3-5-7-20)14-12-23(13-15-24)18-27(17-22(25)10-11-22)21(29)28(23)16-19-8-9-19/h3-7,19H,8-18,25H2,1-2H3/t23-,24-. The Kier molecular flexibility index (Phi) is 4.48. The number of rotatable bonds is 6. The number of carbonyl (C=O) groups is 1. The Labute approximate surface area is 175 Å². The van der Waals surface area contributed by atoms with Gasteiger partial charge < -0.3 is 15.5 Å². The molecule has 1 aromatic carbocycles. The van der Waals surface area contributed by atoms with Gasteiger partial charge in [-0.1, -0.05) is 30.3 Å². The molecule has 5 rings (SSSR count). The Morgan fingerprint density at radius 2 is 1.69 bits per heavy atom. The first-order valence-electron chi connectivity index (χ1n) is 11.4. The van der Waals surface area contributed by atoms with Crippen molar-refractivity contribution in [2.45, 2.75) is 68.0 Å². The van der Waals surface area contributed by atoms with Crippen LogP contribution in [0.3, 0.4) is 0 Å². The van der Waals surface area contributed by atoms with Crippen molar-refractivity contribution in [2.24, 2.45) is 11.7 Å². The predicted octanol–water partition coefficient (Wildman–Crippen LogP) is 3.40. The number of nitrogens with two attached hydrogens (primary N) is 1. The van der Waals surface area contributed by atoms with E-state index in [0.717, 1.165) is 64.1 Å². The molecule has 5 nitrogen and oxygen atoms in total. The summed E-state index contributed by atoms with van der Waals surface area (Å²) < 4.78 is 0. The Hall–Kier alpha value is -1.59. The molecule has 0 bridgehead atoms. The highest BCUT2D eigenvalue weighted by Gasteiger charge is 2.56. The lowest BCUT2D eigenvalue weighted by Gasteiger charge is -2.51. The SMILES string of the molecule is CN(C)[C@]1(c2ccccc2)CC[C@@]2(CC1)CN(CC1(N)CC1)C(=O)N2CC1CC1. The van der Waals surface area contributed by atoms with E-state index in [1.165, 1.54) is 18.4 Å². The maximum Gasteiger partial charge on any atom is 0.320 e. The van der Waals surface area contributed by atoms with Crippen molar-refractivity contribution in [3.05, 3.63) is 35.9 Å². The number of nitrogens with zero attached hydrogens (tertiary/aromatic N) is 3. The van der Waals surface area contributed by atoms with E-state index in [0.29, 0.717) is 0 Å². The fourth-order valence-electron chi connectivity index (χ4n) is 5.83. The fourth-order valence-corrected chi connectivity index (χ4v) is 5.83. The zero-order valence-corrected chi connectivity index (χ0v) is 18.1. The molecule has 1 aromatic rings. The summed E-state index contributed by atoms with van der Waals surface area (Å²) in [5.74, 6) is 0.721. The van der Waals surface area contributed by atoms with Crippen molar-refractivity contribution in [3.63, 3.8) is 0 Å². The third-order valence-electron chi connectivity index (χ3n) is 8.27. The molecule has 3 aliphatic carbocycles. The van der Waals surface area contributed by atoms with Crippen LogP contribution in [0.15, 0.2) is 30.3 Å². The van der Waals surface area contributed by atoms with Gasteiger partial charge in [-0.2, -0.15) is 0 Å². The smallest absolute Gasteiger partial charge is 0.320 e. The van der Waals surface area contributed by atoms with Gasteiger partial charge in [0.15, 0.2) is 0 Å². The molecule has 2 amide bonds. The topological polar surface area (TPSA) is 52.8 Å². The van der Waals surface area contributed by atoms with E-state index in [1.54, 1.807) is 0 Å². The highest BCUT2D eigenvalue weighted by molar-refractivity contribution is 5.78. The van der Waals surface area contributed by atoms with Crippen LogP contribution >= 0.6 is 0 Å². The van der Waals surface area contributed by atoms with Crippen molar-refractivity contribution in [2.75, 3.05) is 33.7 Å².